The van der Waals surface area contributed by atoms with Crippen LogP contribution in [0.2, 0.25) is 0 Å². The van der Waals surface area contributed by atoms with Crippen LogP contribution >= 0.6 is 0 Å². The fourth-order valence-corrected chi connectivity index (χ4v) is 1.70. The van der Waals surface area contributed by atoms with Crippen molar-refractivity contribution in [3.05, 3.63) is 29.6 Å². The standard InChI is InChI=1S/C11H16N2O/c1-9-4-3-5-10(12-9)11-8-13(2)6-7-14-11/h3-5,11H,6-8H2,1-2H3/t11-/m0/s1. The number of aryl methyl sites for hydroxylation is 1. The van der Waals surface area contributed by atoms with Gasteiger partial charge in [0, 0.05) is 18.8 Å². The number of morpholine rings is 1. The van der Waals surface area contributed by atoms with Gasteiger partial charge in [0.1, 0.15) is 6.10 Å². The molecule has 0 bridgehead atoms. The molecule has 14 heavy (non-hydrogen) atoms. The Hall–Kier alpha value is -0.930. The Bertz CT molecular complexity index is 314. The van der Waals surface area contributed by atoms with Gasteiger partial charge in [-0.05, 0) is 26.1 Å². The zero-order valence-electron chi connectivity index (χ0n) is 8.73. The van der Waals surface area contributed by atoms with E-state index in [1.165, 1.54) is 0 Å². The van der Waals surface area contributed by atoms with E-state index in [9.17, 15) is 0 Å². The van der Waals surface area contributed by atoms with E-state index in [4.69, 9.17) is 4.74 Å². The molecule has 3 heteroatoms. The van der Waals surface area contributed by atoms with Crippen molar-refractivity contribution in [1.29, 1.82) is 0 Å². The van der Waals surface area contributed by atoms with E-state index < -0.39 is 0 Å². The third-order valence-corrected chi connectivity index (χ3v) is 2.51. The second-order valence-corrected chi connectivity index (χ2v) is 3.83. The van der Waals surface area contributed by atoms with Crippen molar-refractivity contribution in [2.45, 2.75) is 13.0 Å². The largest absolute Gasteiger partial charge is 0.369 e. The molecule has 0 aliphatic carbocycles. The number of likely N-dealkylation sites (N-methyl/N-ethyl adjacent to an activating group) is 1. The molecule has 0 spiro atoms. The van der Waals surface area contributed by atoms with Gasteiger partial charge < -0.3 is 9.64 Å². The van der Waals surface area contributed by atoms with Crippen LogP contribution in [-0.4, -0.2) is 36.6 Å². The predicted octanol–water partition coefficient (Wildman–Crippen LogP) is 1.39. The minimum absolute atomic E-state index is 0.147. The first-order valence-electron chi connectivity index (χ1n) is 4.99. The van der Waals surface area contributed by atoms with Gasteiger partial charge in [-0.15, -0.1) is 0 Å². The highest BCUT2D eigenvalue weighted by Gasteiger charge is 2.20. The number of aromatic nitrogens is 1. The molecule has 0 aromatic carbocycles. The number of hydrogen-bond donors (Lipinski definition) is 0. The topological polar surface area (TPSA) is 25.4 Å². The molecule has 1 aliphatic rings. The van der Waals surface area contributed by atoms with Gasteiger partial charge in [-0.2, -0.15) is 0 Å². The van der Waals surface area contributed by atoms with Crippen LogP contribution in [0.4, 0.5) is 0 Å². The summed E-state index contributed by atoms with van der Waals surface area (Å²) in [6, 6.07) is 6.09. The third-order valence-electron chi connectivity index (χ3n) is 2.51. The number of pyridine rings is 1. The predicted molar refractivity (Wildman–Crippen MR) is 55.2 cm³/mol. The van der Waals surface area contributed by atoms with E-state index in [0.717, 1.165) is 31.1 Å². The zero-order chi connectivity index (χ0) is 9.97. The molecule has 1 aromatic rings. The highest BCUT2D eigenvalue weighted by molar-refractivity contribution is 5.13. The molecular formula is C11H16N2O. The monoisotopic (exact) mass is 192 g/mol. The molecule has 1 atom stereocenters. The molecule has 1 saturated heterocycles. The quantitative estimate of drug-likeness (QED) is 0.672. The molecule has 0 N–H and O–H groups in total. The van der Waals surface area contributed by atoms with E-state index in [0.29, 0.717) is 0 Å². The van der Waals surface area contributed by atoms with Crippen molar-refractivity contribution in [2.75, 3.05) is 26.7 Å². The fraction of sp³-hybridized carbons (Fsp3) is 0.545. The van der Waals surface area contributed by atoms with Gasteiger partial charge in [-0.25, -0.2) is 0 Å². The molecule has 1 fully saturated rings. The molecule has 0 saturated carbocycles. The van der Waals surface area contributed by atoms with Crippen LogP contribution in [0.1, 0.15) is 17.5 Å². The van der Waals surface area contributed by atoms with Crippen molar-refractivity contribution in [3.63, 3.8) is 0 Å². The Labute approximate surface area is 84.7 Å². The minimum Gasteiger partial charge on any atom is -0.369 e. The molecule has 0 unspecified atom stereocenters. The average Bonchev–Trinajstić information content (AvgIpc) is 2.18. The lowest BCUT2D eigenvalue weighted by atomic mass is 10.2. The maximum Gasteiger partial charge on any atom is 0.112 e. The van der Waals surface area contributed by atoms with Crippen LogP contribution < -0.4 is 0 Å². The molecule has 0 radical (unpaired) electrons. The summed E-state index contributed by atoms with van der Waals surface area (Å²) in [6.07, 6.45) is 0.147. The highest BCUT2D eigenvalue weighted by Crippen LogP contribution is 2.19. The van der Waals surface area contributed by atoms with Crippen molar-refractivity contribution in [1.82, 2.24) is 9.88 Å². The molecule has 3 nitrogen and oxygen atoms in total. The van der Waals surface area contributed by atoms with Gasteiger partial charge in [0.05, 0.1) is 12.3 Å². The summed E-state index contributed by atoms with van der Waals surface area (Å²) in [5, 5.41) is 0. The number of hydrogen-bond acceptors (Lipinski definition) is 3. The van der Waals surface area contributed by atoms with E-state index in [1.54, 1.807) is 0 Å². The van der Waals surface area contributed by atoms with Crippen molar-refractivity contribution >= 4 is 0 Å². The van der Waals surface area contributed by atoms with Crippen molar-refractivity contribution in [3.8, 4) is 0 Å². The minimum atomic E-state index is 0.147. The van der Waals surface area contributed by atoms with Crippen LogP contribution in [0.5, 0.6) is 0 Å². The van der Waals surface area contributed by atoms with E-state index in [2.05, 4.69) is 16.9 Å². The lowest BCUT2D eigenvalue weighted by Gasteiger charge is -2.29. The maximum atomic E-state index is 5.69. The van der Waals surface area contributed by atoms with Gasteiger partial charge in [0.2, 0.25) is 0 Å². The third kappa shape index (κ3) is 2.11. The Balaban J connectivity index is 2.14. The van der Waals surface area contributed by atoms with Gasteiger partial charge in [0.25, 0.3) is 0 Å². The van der Waals surface area contributed by atoms with Gasteiger partial charge in [-0.1, -0.05) is 6.07 Å². The number of nitrogens with zero attached hydrogens (tertiary/aromatic N) is 2. The summed E-state index contributed by atoms with van der Waals surface area (Å²) in [4.78, 5) is 6.76. The average molecular weight is 192 g/mol. The zero-order valence-corrected chi connectivity index (χ0v) is 8.73. The van der Waals surface area contributed by atoms with Gasteiger partial charge >= 0.3 is 0 Å². The highest BCUT2D eigenvalue weighted by atomic mass is 16.5. The smallest absolute Gasteiger partial charge is 0.112 e. The van der Waals surface area contributed by atoms with Crippen LogP contribution in [0, 0.1) is 6.92 Å². The summed E-state index contributed by atoms with van der Waals surface area (Å²) in [5.41, 5.74) is 2.11. The molecule has 1 aliphatic heterocycles. The second kappa shape index (κ2) is 4.07. The van der Waals surface area contributed by atoms with E-state index in [1.807, 2.05) is 25.1 Å². The SMILES string of the molecule is Cc1cccc([C@@H]2CN(C)CCO2)n1. The summed E-state index contributed by atoms with van der Waals surface area (Å²) >= 11 is 0. The molecule has 2 heterocycles. The first kappa shape index (κ1) is 9.62. The first-order chi connectivity index (χ1) is 6.75. The summed E-state index contributed by atoms with van der Waals surface area (Å²) in [7, 11) is 2.12. The Kier molecular flexibility index (Phi) is 2.79. The Morgan fingerprint density at radius 3 is 3.07 bits per heavy atom. The summed E-state index contributed by atoms with van der Waals surface area (Å²) in [5.74, 6) is 0. The van der Waals surface area contributed by atoms with Crippen LogP contribution in [-0.2, 0) is 4.74 Å². The number of rotatable bonds is 1. The molecule has 1 aromatic heterocycles. The van der Waals surface area contributed by atoms with E-state index >= 15 is 0 Å². The molecule has 2 rings (SSSR count). The lowest BCUT2D eigenvalue weighted by molar-refractivity contribution is -0.0231. The van der Waals surface area contributed by atoms with Crippen LogP contribution in [0.15, 0.2) is 18.2 Å². The number of ether oxygens (including phenoxy) is 1. The first-order valence-corrected chi connectivity index (χ1v) is 4.99. The summed E-state index contributed by atoms with van der Waals surface area (Å²) < 4.78 is 5.69. The van der Waals surface area contributed by atoms with Crippen molar-refractivity contribution < 1.29 is 4.74 Å². The van der Waals surface area contributed by atoms with Crippen LogP contribution in [0.25, 0.3) is 0 Å². The second-order valence-electron chi connectivity index (χ2n) is 3.83. The Morgan fingerprint density at radius 2 is 2.36 bits per heavy atom. The fourth-order valence-electron chi connectivity index (χ4n) is 1.70. The summed E-state index contributed by atoms with van der Waals surface area (Å²) in [6.45, 7) is 4.77. The van der Waals surface area contributed by atoms with Gasteiger partial charge in [0.15, 0.2) is 0 Å². The molecule has 0 amide bonds. The van der Waals surface area contributed by atoms with Crippen molar-refractivity contribution in [2.24, 2.45) is 0 Å². The molecular weight excluding hydrogens is 176 g/mol. The van der Waals surface area contributed by atoms with E-state index in [-0.39, 0.29) is 6.10 Å². The van der Waals surface area contributed by atoms with Gasteiger partial charge in [-0.3, -0.25) is 4.98 Å². The van der Waals surface area contributed by atoms with Crippen LogP contribution in [0.3, 0.4) is 0 Å². The maximum absolute atomic E-state index is 5.69. The Morgan fingerprint density at radius 1 is 1.50 bits per heavy atom. The molecule has 76 valence electrons. The normalized spacial score (nSPS) is 23.7. The lowest BCUT2D eigenvalue weighted by Crippen LogP contribution is -2.35.